The van der Waals surface area contributed by atoms with Gasteiger partial charge in [-0.2, -0.15) is 0 Å². The van der Waals surface area contributed by atoms with E-state index in [4.69, 9.17) is 0 Å². The molecule has 2 N–H and O–H groups in total. The van der Waals surface area contributed by atoms with E-state index < -0.39 is 0 Å². The number of fused-ring (bicyclic) bond motifs is 1. The number of benzene rings is 2. The van der Waals surface area contributed by atoms with Crippen molar-refractivity contribution in [2.24, 2.45) is 0 Å². The van der Waals surface area contributed by atoms with Crippen LogP contribution in [-0.4, -0.2) is 10.2 Å². The van der Waals surface area contributed by atoms with Crippen LogP contribution in [0.5, 0.6) is 11.5 Å². The Labute approximate surface area is 175 Å². The SMILES string of the molecule is C=CCc1ccc2c(O)c(CC=C)ccc2c1O.[CH3-].[CH3-].[Cl][Pd+].[Cl][Pd+]. The van der Waals surface area contributed by atoms with Crippen LogP contribution in [0.3, 0.4) is 0 Å². The number of rotatable bonds is 4. The zero-order chi connectivity index (χ0) is 17.1. The van der Waals surface area contributed by atoms with E-state index in [9.17, 15) is 10.2 Å². The number of allylic oxidation sites excluding steroid dienone is 2. The van der Waals surface area contributed by atoms with E-state index in [1.165, 1.54) is 0 Å². The summed E-state index contributed by atoms with van der Waals surface area (Å²) in [6.07, 6.45) is 4.70. The Balaban J connectivity index is -0.000000684. The Morgan fingerprint density at radius 1 is 0.750 bits per heavy atom. The van der Waals surface area contributed by atoms with Gasteiger partial charge in [0.25, 0.3) is 0 Å². The third-order valence-corrected chi connectivity index (χ3v) is 3.04. The quantitative estimate of drug-likeness (QED) is 0.278. The predicted octanol–water partition coefficient (Wildman–Crippen LogP) is 5.98. The molecule has 0 aliphatic carbocycles. The van der Waals surface area contributed by atoms with Crippen LogP contribution in [-0.2, 0) is 49.2 Å². The van der Waals surface area contributed by atoms with E-state index in [0.717, 1.165) is 11.1 Å². The normalized spacial score (nSPS) is 8.42. The second kappa shape index (κ2) is 16.2. The van der Waals surface area contributed by atoms with Gasteiger partial charge in [0.15, 0.2) is 0 Å². The molecule has 0 saturated heterocycles. The molecule has 0 bridgehead atoms. The van der Waals surface area contributed by atoms with Crippen LogP contribution >= 0.6 is 19.1 Å². The molecule has 0 spiro atoms. The van der Waals surface area contributed by atoms with E-state index >= 15 is 0 Å². The van der Waals surface area contributed by atoms with Gasteiger partial charge in [0.2, 0.25) is 0 Å². The Bertz CT molecular complexity index is 577. The first-order chi connectivity index (χ1) is 10.7. The van der Waals surface area contributed by atoms with Gasteiger partial charge in [0.1, 0.15) is 11.5 Å². The summed E-state index contributed by atoms with van der Waals surface area (Å²) in [5, 5.41) is 21.6. The number of phenolic OH excluding ortho intramolecular Hbond substituents is 2. The number of halogens is 2. The zero-order valence-electron chi connectivity index (χ0n) is 13.6. The van der Waals surface area contributed by atoms with Crippen molar-refractivity contribution >= 4 is 29.8 Å². The van der Waals surface area contributed by atoms with Gasteiger partial charge in [0, 0.05) is 10.8 Å². The topological polar surface area (TPSA) is 40.5 Å². The number of hydrogen-bond acceptors (Lipinski definition) is 2. The van der Waals surface area contributed by atoms with Gasteiger partial charge in [0.05, 0.1) is 0 Å². The standard InChI is InChI=1S/C16H16O2.2CH3.2ClH.2Pd/c1-3-5-11-7-9-14-13(15(11)17)10-8-12(6-4-2)16(14)18;;;;;;/h3-4,7-10,17-18H,1-2,5-6H2;2*1H3;2*1H;;/q;2*-1;;;2*+2/p-2. The van der Waals surface area contributed by atoms with Crippen LogP contribution in [0.1, 0.15) is 11.1 Å². The van der Waals surface area contributed by atoms with E-state index in [1.807, 2.05) is 24.3 Å². The molecule has 0 heterocycles. The molecule has 0 radical (unpaired) electrons. The van der Waals surface area contributed by atoms with Gasteiger partial charge in [-0.05, 0) is 24.0 Å². The molecular weight excluding hydrogens is 532 g/mol. The summed E-state index contributed by atoms with van der Waals surface area (Å²) in [6, 6.07) is 7.29. The summed E-state index contributed by atoms with van der Waals surface area (Å²) < 4.78 is 0. The molecule has 2 aromatic rings. The van der Waals surface area contributed by atoms with Crippen LogP contribution in [0.15, 0.2) is 49.6 Å². The molecule has 6 heteroatoms. The Hall–Kier alpha value is -0.315. The molecule has 2 aromatic carbocycles. The van der Waals surface area contributed by atoms with Crippen molar-refractivity contribution in [3.05, 3.63) is 75.6 Å². The molecule has 0 aliphatic rings. The fourth-order valence-corrected chi connectivity index (χ4v) is 2.10. The Morgan fingerprint density at radius 2 is 1.04 bits per heavy atom. The van der Waals surface area contributed by atoms with Gasteiger partial charge in [-0.25, -0.2) is 0 Å². The molecule has 0 fully saturated rings. The van der Waals surface area contributed by atoms with E-state index in [1.54, 1.807) is 12.2 Å². The fourth-order valence-electron chi connectivity index (χ4n) is 2.10. The summed E-state index contributed by atoms with van der Waals surface area (Å²) in [7, 11) is 8.98. The molecule has 0 aliphatic heterocycles. The first-order valence-electron chi connectivity index (χ1n) is 6.10. The molecule has 0 aromatic heterocycles. The Kier molecular flexibility index (Phi) is 19.2. The van der Waals surface area contributed by atoms with E-state index in [2.05, 4.69) is 68.6 Å². The molecule has 24 heavy (non-hydrogen) atoms. The first-order valence-corrected chi connectivity index (χ1v) is 10.1. The van der Waals surface area contributed by atoms with Gasteiger partial charge < -0.3 is 25.1 Å². The Morgan fingerprint density at radius 3 is 1.29 bits per heavy atom. The van der Waals surface area contributed by atoms with Crippen molar-refractivity contribution < 1.29 is 46.6 Å². The molecule has 0 saturated carbocycles. The molecule has 2 rings (SSSR count). The summed E-state index contributed by atoms with van der Waals surface area (Å²) in [6.45, 7) is 7.32. The maximum absolute atomic E-state index is 10.1. The summed E-state index contributed by atoms with van der Waals surface area (Å²) in [5.41, 5.74) is 1.63. The van der Waals surface area contributed by atoms with Crippen molar-refractivity contribution in [2.75, 3.05) is 0 Å². The molecule has 0 amide bonds. The zero-order valence-corrected chi connectivity index (χ0v) is 18.2. The van der Waals surface area contributed by atoms with Crippen molar-refractivity contribution in [3.8, 4) is 11.5 Å². The maximum atomic E-state index is 10.1. The van der Waals surface area contributed by atoms with Gasteiger partial charge in [-0.15, -0.1) is 13.2 Å². The second-order valence-electron chi connectivity index (χ2n) is 4.23. The second-order valence-corrected chi connectivity index (χ2v) is 4.23. The molecule has 140 valence electrons. The van der Waals surface area contributed by atoms with Crippen molar-refractivity contribution in [1.82, 2.24) is 0 Å². The van der Waals surface area contributed by atoms with Crippen LogP contribution in [0.4, 0.5) is 0 Å². The van der Waals surface area contributed by atoms with Crippen LogP contribution < -0.4 is 0 Å². The number of phenols is 2. The van der Waals surface area contributed by atoms with E-state index in [0.29, 0.717) is 23.6 Å². The van der Waals surface area contributed by atoms with Crippen LogP contribution in [0.2, 0.25) is 0 Å². The monoisotopic (exact) mass is 552 g/mol. The third-order valence-electron chi connectivity index (χ3n) is 3.04. The van der Waals surface area contributed by atoms with Crippen molar-refractivity contribution in [1.29, 1.82) is 0 Å². The van der Waals surface area contributed by atoms with Gasteiger partial charge in [-0.3, -0.25) is 0 Å². The summed E-state index contributed by atoms with van der Waals surface area (Å²) >= 11 is 4.44. The van der Waals surface area contributed by atoms with Crippen molar-refractivity contribution in [2.45, 2.75) is 12.8 Å². The molecule has 0 atom stereocenters. The van der Waals surface area contributed by atoms with Crippen molar-refractivity contribution in [3.63, 3.8) is 0 Å². The van der Waals surface area contributed by atoms with Crippen LogP contribution in [0, 0.1) is 14.9 Å². The minimum absolute atomic E-state index is 0. The third kappa shape index (κ3) is 7.29. The molecule has 2 nitrogen and oxygen atoms in total. The fraction of sp³-hybridized carbons (Fsp3) is 0.111. The number of hydrogen-bond donors (Lipinski definition) is 2. The van der Waals surface area contributed by atoms with E-state index in [-0.39, 0.29) is 26.4 Å². The summed E-state index contributed by atoms with van der Waals surface area (Å²) in [5.74, 6) is 0.431. The van der Waals surface area contributed by atoms with Crippen LogP contribution in [0.25, 0.3) is 10.8 Å². The predicted molar refractivity (Wildman–Crippen MR) is 99.6 cm³/mol. The molecular formula is C18H22Cl2O2Pd2. The van der Waals surface area contributed by atoms with Gasteiger partial charge in [-0.1, -0.05) is 36.4 Å². The van der Waals surface area contributed by atoms with Gasteiger partial charge >= 0.3 is 55.4 Å². The summed E-state index contributed by atoms with van der Waals surface area (Å²) in [4.78, 5) is 0. The molecule has 0 unspecified atom stereocenters. The number of aromatic hydroxyl groups is 2. The average Bonchev–Trinajstić information content (AvgIpc) is 2.57. The minimum atomic E-state index is 0. The first kappa shape index (κ1) is 28.5. The average molecular weight is 554 g/mol.